The monoisotopic (exact) mass is 402 g/mol. The lowest BCUT2D eigenvalue weighted by atomic mass is 10.1. The molecule has 144 valence electrons. The van der Waals surface area contributed by atoms with Crippen molar-refractivity contribution in [3.05, 3.63) is 77.5 Å². The van der Waals surface area contributed by atoms with Gasteiger partial charge in [-0.15, -0.1) is 0 Å². The van der Waals surface area contributed by atoms with Gasteiger partial charge in [-0.3, -0.25) is 10.1 Å². The van der Waals surface area contributed by atoms with E-state index in [0.29, 0.717) is 28.4 Å². The maximum atomic E-state index is 12.4. The number of hydrogen-bond acceptors (Lipinski definition) is 5. The van der Waals surface area contributed by atoms with Crippen molar-refractivity contribution in [3.8, 4) is 11.5 Å². The van der Waals surface area contributed by atoms with Crippen LogP contribution in [0, 0.1) is 13.8 Å². The van der Waals surface area contributed by atoms with Crippen LogP contribution in [-0.4, -0.2) is 21.0 Å². The molecular weight excluding hydrogens is 384 g/mol. The third kappa shape index (κ3) is 4.14. The number of rotatable bonds is 3. The Morgan fingerprint density at radius 1 is 1.03 bits per heavy atom. The summed E-state index contributed by atoms with van der Waals surface area (Å²) in [5.41, 5.74) is 5.41. The predicted molar refractivity (Wildman–Crippen MR) is 117 cm³/mol. The van der Waals surface area contributed by atoms with Gasteiger partial charge >= 0.3 is 0 Å². The fourth-order valence-electron chi connectivity index (χ4n) is 2.84. The van der Waals surface area contributed by atoms with Crippen LogP contribution in [0.1, 0.15) is 21.5 Å². The van der Waals surface area contributed by atoms with Gasteiger partial charge in [0.15, 0.2) is 16.3 Å². The quantitative estimate of drug-likeness (QED) is 0.486. The van der Waals surface area contributed by atoms with Crippen molar-refractivity contribution in [1.29, 1.82) is 0 Å². The summed E-state index contributed by atoms with van der Waals surface area (Å²) in [5.74, 6) is 0.208. The van der Waals surface area contributed by atoms with Crippen molar-refractivity contribution in [1.82, 2.24) is 15.3 Å². The molecule has 7 heteroatoms. The number of hydrogen-bond donors (Lipinski definition) is 2. The molecule has 0 unspecified atom stereocenters. The maximum absolute atomic E-state index is 12.4. The van der Waals surface area contributed by atoms with Gasteiger partial charge in [-0.2, -0.15) is 4.98 Å². The molecule has 0 aliphatic carbocycles. The number of thiocarbonyl (C=S) groups is 1. The lowest BCUT2D eigenvalue weighted by Gasteiger charge is -2.11. The zero-order valence-corrected chi connectivity index (χ0v) is 16.7. The summed E-state index contributed by atoms with van der Waals surface area (Å²) in [7, 11) is 0. The third-order valence-corrected chi connectivity index (χ3v) is 4.73. The van der Waals surface area contributed by atoms with Crippen LogP contribution >= 0.6 is 12.2 Å². The third-order valence-electron chi connectivity index (χ3n) is 4.53. The van der Waals surface area contributed by atoms with E-state index in [1.54, 1.807) is 18.3 Å². The molecule has 4 aromatic rings. The minimum absolute atomic E-state index is 0.213. The summed E-state index contributed by atoms with van der Waals surface area (Å²) < 4.78 is 5.75. The average molecular weight is 402 g/mol. The van der Waals surface area contributed by atoms with Crippen LogP contribution in [-0.2, 0) is 0 Å². The molecule has 2 aromatic carbocycles. The number of benzene rings is 2. The van der Waals surface area contributed by atoms with Crippen LogP contribution in [0.4, 0.5) is 5.69 Å². The van der Waals surface area contributed by atoms with Crippen LogP contribution in [0.3, 0.4) is 0 Å². The largest absolute Gasteiger partial charge is 0.434 e. The molecule has 1 amide bonds. The van der Waals surface area contributed by atoms with Crippen molar-refractivity contribution in [2.24, 2.45) is 0 Å². The number of pyridine rings is 1. The molecule has 0 saturated carbocycles. The second kappa shape index (κ2) is 7.81. The smallest absolute Gasteiger partial charge is 0.257 e. The maximum Gasteiger partial charge on any atom is 0.257 e. The highest BCUT2D eigenvalue weighted by Crippen LogP contribution is 2.25. The fourth-order valence-corrected chi connectivity index (χ4v) is 3.05. The van der Waals surface area contributed by atoms with Crippen LogP contribution < -0.4 is 10.6 Å². The number of anilines is 1. The summed E-state index contributed by atoms with van der Waals surface area (Å²) in [4.78, 5) is 21.0. The van der Waals surface area contributed by atoms with E-state index in [0.717, 1.165) is 16.7 Å². The van der Waals surface area contributed by atoms with E-state index in [-0.39, 0.29) is 11.0 Å². The number of nitrogens with zero attached hydrogens (tertiary/aromatic N) is 2. The van der Waals surface area contributed by atoms with Crippen molar-refractivity contribution in [3.63, 3.8) is 0 Å². The summed E-state index contributed by atoms with van der Waals surface area (Å²) >= 11 is 5.29. The minimum atomic E-state index is -0.258. The Morgan fingerprint density at radius 3 is 2.69 bits per heavy atom. The normalized spacial score (nSPS) is 10.7. The van der Waals surface area contributed by atoms with Crippen LogP contribution in [0.5, 0.6) is 0 Å². The first-order chi connectivity index (χ1) is 14.0. The van der Waals surface area contributed by atoms with Crippen LogP contribution in [0.2, 0.25) is 0 Å². The standard InChI is InChI=1S/C22H18N4O2S/c1-13-8-9-15(11-14(13)2)20(27)26-22(29)24-17-6-3-5-16(12-17)21-25-19-18(28-21)7-4-10-23-19/h3-12H,1-2H3,(H2,24,26,27,29). The molecule has 4 rings (SSSR count). The molecule has 0 aliphatic rings. The van der Waals surface area contributed by atoms with E-state index in [1.807, 2.05) is 56.3 Å². The molecular formula is C22H18N4O2S. The Kier molecular flexibility index (Phi) is 5.05. The molecule has 0 fully saturated rings. The van der Waals surface area contributed by atoms with Gasteiger partial charge in [0.1, 0.15) is 0 Å². The summed E-state index contributed by atoms with van der Waals surface area (Å²) in [6.07, 6.45) is 1.67. The average Bonchev–Trinajstić information content (AvgIpc) is 3.14. The molecule has 0 bridgehead atoms. The van der Waals surface area contributed by atoms with Crippen LogP contribution in [0.15, 0.2) is 65.2 Å². The molecule has 6 nitrogen and oxygen atoms in total. The molecule has 2 heterocycles. The fraction of sp³-hybridized carbons (Fsp3) is 0.0909. The van der Waals surface area contributed by atoms with E-state index in [1.165, 1.54) is 0 Å². The van der Waals surface area contributed by atoms with E-state index in [2.05, 4.69) is 20.6 Å². The van der Waals surface area contributed by atoms with Gasteiger partial charge in [0.25, 0.3) is 5.91 Å². The topological polar surface area (TPSA) is 80.0 Å². The Labute approximate surface area is 173 Å². The Hall–Kier alpha value is -3.58. The molecule has 2 N–H and O–H groups in total. The first-order valence-electron chi connectivity index (χ1n) is 9.01. The Bertz CT molecular complexity index is 1200. The van der Waals surface area contributed by atoms with Gasteiger partial charge in [0.2, 0.25) is 5.89 Å². The second-order valence-electron chi connectivity index (χ2n) is 6.63. The molecule has 0 atom stereocenters. The van der Waals surface area contributed by atoms with Crippen molar-refractivity contribution in [2.45, 2.75) is 13.8 Å². The molecule has 0 spiro atoms. The lowest BCUT2D eigenvalue weighted by molar-refractivity contribution is 0.0977. The van der Waals surface area contributed by atoms with Gasteiger partial charge < -0.3 is 9.73 Å². The predicted octanol–water partition coefficient (Wildman–Crippen LogP) is 4.63. The number of nitrogens with one attached hydrogen (secondary N) is 2. The zero-order valence-electron chi connectivity index (χ0n) is 15.9. The summed E-state index contributed by atoms with van der Waals surface area (Å²) in [6, 6.07) is 16.6. The molecule has 0 aliphatic heterocycles. The number of carbonyl (C=O) groups excluding carboxylic acids is 1. The van der Waals surface area contributed by atoms with Gasteiger partial charge in [0, 0.05) is 23.0 Å². The minimum Gasteiger partial charge on any atom is -0.434 e. The number of aryl methyl sites for hydroxylation is 2. The highest BCUT2D eigenvalue weighted by molar-refractivity contribution is 7.80. The van der Waals surface area contributed by atoms with Crippen molar-refractivity contribution < 1.29 is 9.21 Å². The van der Waals surface area contributed by atoms with E-state index >= 15 is 0 Å². The number of fused-ring (bicyclic) bond motifs is 1. The Morgan fingerprint density at radius 2 is 1.90 bits per heavy atom. The number of aromatic nitrogens is 2. The number of oxazole rings is 1. The van der Waals surface area contributed by atoms with Crippen molar-refractivity contribution >= 4 is 40.2 Å². The van der Waals surface area contributed by atoms with Gasteiger partial charge in [-0.25, -0.2) is 4.98 Å². The SMILES string of the molecule is Cc1ccc(C(=O)NC(=S)Nc2cccc(-c3nc4ncccc4o3)c2)cc1C. The van der Waals surface area contributed by atoms with Crippen molar-refractivity contribution in [2.75, 3.05) is 5.32 Å². The van der Waals surface area contributed by atoms with Gasteiger partial charge in [0.05, 0.1) is 0 Å². The second-order valence-corrected chi connectivity index (χ2v) is 7.04. The highest BCUT2D eigenvalue weighted by atomic mass is 32.1. The van der Waals surface area contributed by atoms with Crippen LogP contribution in [0.25, 0.3) is 22.7 Å². The molecule has 2 aromatic heterocycles. The molecule has 29 heavy (non-hydrogen) atoms. The lowest BCUT2D eigenvalue weighted by Crippen LogP contribution is -2.34. The molecule has 0 saturated heterocycles. The van der Waals surface area contributed by atoms with E-state index < -0.39 is 0 Å². The Balaban J connectivity index is 1.48. The summed E-state index contributed by atoms with van der Waals surface area (Å²) in [5, 5.41) is 5.94. The van der Waals surface area contributed by atoms with E-state index in [9.17, 15) is 4.79 Å². The zero-order chi connectivity index (χ0) is 20.4. The number of amides is 1. The summed E-state index contributed by atoms with van der Waals surface area (Å²) in [6.45, 7) is 3.97. The highest BCUT2D eigenvalue weighted by Gasteiger charge is 2.11. The van der Waals surface area contributed by atoms with Gasteiger partial charge in [-0.05, 0) is 79.7 Å². The van der Waals surface area contributed by atoms with E-state index in [4.69, 9.17) is 16.6 Å². The van der Waals surface area contributed by atoms with Gasteiger partial charge in [-0.1, -0.05) is 12.1 Å². The first-order valence-corrected chi connectivity index (χ1v) is 9.42. The molecule has 0 radical (unpaired) electrons. The number of carbonyl (C=O) groups is 1. The first kappa shape index (κ1) is 18.8.